The van der Waals surface area contributed by atoms with Gasteiger partial charge >= 0.3 is 50.1 Å². The average molecular weight is 385 g/mol. The Labute approximate surface area is 136 Å². The molecular weight excluding hydrogens is 369 g/mol. The molecule has 2 aromatic carbocycles. The summed E-state index contributed by atoms with van der Waals surface area (Å²) in [7, 11) is -10.7. The quantitative estimate of drug-likeness (QED) is 0.208. The van der Waals surface area contributed by atoms with Gasteiger partial charge in [-0.25, -0.2) is 12.1 Å². The van der Waals surface area contributed by atoms with Gasteiger partial charge in [-0.05, 0) is 5.92 Å². The molecule has 0 atom stereocenters. The Balaban J connectivity index is 0. The summed E-state index contributed by atoms with van der Waals surface area (Å²) in [6.07, 6.45) is 0. The van der Waals surface area contributed by atoms with Crippen LogP contribution in [0.3, 0.4) is 0 Å². The van der Waals surface area contributed by atoms with E-state index in [1.54, 1.807) is 0 Å². The van der Waals surface area contributed by atoms with Gasteiger partial charge in [-0.1, -0.05) is 13.8 Å². The van der Waals surface area contributed by atoms with Crippen LogP contribution in [0.4, 0.5) is 25.2 Å². The van der Waals surface area contributed by atoms with Gasteiger partial charge in [-0.3, -0.25) is 0 Å². The molecule has 0 saturated carbocycles. The van der Waals surface area contributed by atoms with Crippen molar-refractivity contribution in [2.45, 2.75) is 19.8 Å². The number of hydrogen-bond acceptors (Lipinski definition) is 0. The van der Waals surface area contributed by atoms with Crippen LogP contribution in [0.15, 0.2) is 54.6 Å². The van der Waals surface area contributed by atoms with E-state index in [1.807, 2.05) is 48.5 Å². The Bertz CT molecular complexity index is 462. The average Bonchev–Trinajstić information content (AvgIpc) is 2.84. The van der Waals surface area contributed by atoms with Crippen molar-refractivity contribution in [2.75, 3.05) is 0 Å². The first-order valence-electron chi connectivity index (χ1n) is 5.95. The molecule has 0 amide bonds. The van der Waals surface area contributed by atoms with Gasteiger partial charge in [0.05, 0.1) is 0 Å². The maximum absolute atomic E-state index is 10.7. The monoisotopic (exact) mass is 385 g/mol. The SMILES string of the molecule is CC(C)c1[c-]cccc1.F[P-](F)(F)(F)(F)F.[Fe+2].c1cc[cH-]c1. The van der Waals surface area contributed by atoms with Crippen molar-refractivity contribution in [3.05, 3.63) is 66.2 Å². The van der Waals surface area contributed by atoms with Crippen LogP contribution in [-0.2, 0) is 17.1 Å². The first kappa shape index (κ1) is 23.4. The standard InChI is InChI=1S/C9H11.C5H5.F6P.Fe/c1-8(2)9-6-4-3-5-7-9;1-2-4-5-3-1;1-7(2,3,4,5)6;/h3-6,8H,1-2H3;1-5H;;/q3*-1;+2. The fraction of sp³-hybridized carbons (Fsp3) is 0.214. The summed E-state index contributed by atoms with van der Waals surface area (Å²) in [4.78, 5) is 0. The summed E-state index contributed by atoms with van der Waals surface area (Å²) < 4.78 is 59.2. The second-order valence-electron chi connectivity index (χ2n) is 4.39. The molecule has 8 heteroatoms. The van der Waals surface area contributed by atoms with Gasteiger partial charge < -0.3 is 0 Å². The summed E-state index contributed by atoms with van der Waals surface area (Å²) >= 11 is 0. The Morgan fingerprint density at radius 2 is 1.36 bits per heavy atom. The van der Waals surface area contributed by atoms with Crippen LogP contribution in [-0.4, -0.2) is 0 Å². The van der Waals surface area contributed by atoms with Crippen molar-refractivity contribution in [2.24, 2.45) is 0 Å². The molecule has 2 rings (SSSR count). The summed E-state index contributed by atoms with van der Waals surface area (Å²) in [6.45, 7) is 4.34. The van der Waals surface area contributed by atoms with Crippen LogP contribution in [0.5, 0.6) is 0 Å². The summed E-state index contributed by atoms with van der Waals surface area (Å²) in [5.74, 6) is 0.603. The van der Waals surface area contributed by atoms with Crippen molar-refractivity contribution >= 4 is 7.81 Å². The first-order chi connectivity index (χ1) is 9.25. The van der Waals surface area contributed by atoms with Crippen molar-refractivity contribution in [3.8, 4) is 0 Å². The molecule has 0 heterocycles. The Morgan fingerprint density at radius 3 is 1.55 bits per heavy atom. The van der Waals surface area contributed by atoms with Crippen molar-refractivity contribution in [1.82, 2.24) is 0 Å². The van der Waals surface area contributed by atoms with Gasteiger partial charge in [0.25, 0.3) is 0 Å². The minimum atomic E-state index is -10.7. The maximum Gasteiger partial charge on any atom is 2.00 e. The fourth-order valence-corrected chi connectivity index (χ4v) is 1.09. The minimum absolute atomic E-state index is 0. The van der Waals surface area contributed by atoms with Gasteiger partial charge in [0.2, 0.25) is 0 Å². The van der Waals surface area contributed by atoms with E-state index in [1.165, 1.54) is 5.56 Å². The van der Waals surface area contributed by atoms with Crippen molar-refractivity contribution in [1.29, 1.82) is 0 Å². The second kappa shape index (κ2) is 8.09. The van der Waals surface area contributed by atoms with E-state index in [-0.39, 0.29) is 17.1 Å². The first-order valence-corrected chi connectivity index (χ1v) is 7.98. The zero-order chi connectivity index (χ0) is 16.6. The van der Waals surface area contributed by atoms with Crippen LogP contribution in [0.1, 0.15) is 25.3 Å². The topological polar surface area (TPSA) is 0 Å². The zero-order valence-electron chi connectivity index (χ0n) is 11.8. The molecule has 22 heavy (non-hydrogen) atoms. The molecule has 0 aliphatic heterocycles. The van der Waals surface area contributed by atoms with Crippen LogP contribution in [0, 0.1) is 6.07 Å². The van der Waals surface area contributed by atoms with E-state index in [2.05, 4.69) is 26.0 Å². The van der Waals surface area contributed by atoms with Gasteiger partial charge in [0.15, 0.2) is 0 Å². The summed E-state index contributed by atoms with van der Waals surface area (Å²) in [5, 5.41) is 0. The molecule has 2 aromatic rings. The molecule has 0 spiro atoms. The Kier molecular flexibility index (Phi) is 8.60. The van der Waals surface area contributed by atoms with Crippen LogP contribution in [0.25, 0.3) is 0 Å². The van der Waals surface area contributed by atoms with Crippen molar-refractivity contribution in [3.63, 3.8) is 0 Å². The normalized spacial score (nSPS) is 13.3. The van der Waals surface area contributed by atoms with E-state index in [0.717, 1.165) is 0 Å². The maximum atomic E-state index is 9.87. The van der Waals surface area contributed by atoms with E-state index >= 15 is 0 Å². The van der Waals surface area contributed by atoms with Gasteiger partial charge in [-0.15, -0.1) is 0 Å². The summed E-state index contributed by atoms with van der Waals surface area (Å²) in [6, 6.07) is 21.3. The fourth-order valence-electron chi connectivity index (χ4n) is 1.09. The van der Waals surface area contributed by atoms with Crippen LogP contribution < -0.4 is 0 Å². The van der Waals surface area contributed by atoms with Crippen LogP contribution >= 0.6 is 7.81 Å². The van der Waals surface area contributed by atoms with Crippen molar-refractivity contribution < 1.29 is 42.3 Å². The smallest absolute Gasteiger partial charge is 0.214 e. The van der Waals surface area contributed by atoms with E-state index in [9.17, 15) is 25.2 Å². The molecule has 0 radical (unpaired) electrons. The number of benzene rings is 1. The third-order valence-corrected chi connectivity index (χ3v) is 1.91. The number of halogens is 6. The third-order valence-electron chi connectivity index (χ3n) is 1.91. The molecule has 0 nitrogen and oxygen atoms in total. The molecule has 0 fully saturated rings. The van der Waals surface area contributed by atoms with Crippen LogP contribution in [0.2, 0.25) is 0 Å². The number of rotatable bonds is 1. The minimum Gasteiger partial charge on any atom is -0.214 e. The molecule has 128 valence electrons. The summed E-state index contributed by atoms with van der Waals surface area (Å²) in [5.41, 5.74) is 1.29. The third kappa shape index (κ3) is 24.1. The van der Waals surface area contributed by atoms with Gasteiger partial charge in [0.1, 0.15) is 0 Å². The van der Waals surface area contributed by atoms with E-state index < -0.39 is 7.81 Å². The molecule has 0 saturated heterocycles. The molecule has 0 N–H and O–H groups in total. The number of hydrogen-bond donors (Lipinski definition) is 0. The van der Waals surface area contributed by atoms with E-state index in [0.29, 0.717) is 5.92 Å². The largest absolute Gasteiger partial charge is 2.00 e. The molecule has 0 aliphatic carbocycles. The molecule has 0 bridgehead atoms. The molecular formula is C14H16F6FeP-. The van der Waals surface area contributed by atoms with Gasteiger partial charge in [0, 0.05) is 0 Å². The molecule has 0 aliphatic rings. The molecule has 0 unspecified atom stereocenters. The Hall–Kier alpha value is -0.901. The predicted molar refractivity (Wildman–Crippen MR) is 75.0 cm³/mol. The molecule has 0 aromatic heterocycles. The second-order valence-corrected chi connectivity index (χ2v) is 6.31. The van der Waals surface area contributed by atoms with E-state index in [4.69, 9.17) is 0 Å². The zero-order valence-corrected chi connectivity index (χ0v) is 13.8. The van der Waals surface area contributed by atoms with Gasteiger partial charge in [-0.2, -0.15) is 54.1 Å². The predicted octanol–water partition coefficient (Wildman–Crippen LogP) is 7.40. The Morgan fingerprint density at radius 1 is 0.909 bits per heavy atom.